The molecule has 1 atom stereocenters. The van der Waals surface area contributed by atoms with E-state index in [1.165, 1.54) is 32.9 Å². The van der Waals surface area contributed by atoms with Gasteiger partial charge in [0.15, 0.2) is 6.79 Å². The Morgan fingerprint density at radius 1 is 0.966 bits per heavy atom. The van der Waals surface area contributed by atoms with E-state index in [2.05, 4.69) is 83.8 Å². The predicted molar refractivity (Wildman–Crippen MR) is 129 cm³/mol. The first kappa shape index (κ1) is 23.6. The van der Waals surface area contributed by atoms with E-state index in [0.717, 1.165) is 5.75 Å². The molecule has 0 bridgehead atoms. The van der Waals surface area contributed by atoms with Crippen LogP contribution in [0.15, 0.2) is 35.3 Å². The third-order valence-electron chi connectivity index (χ3n) is 4.83. The van der Waals surface area contributed by atoms with E-state index in [4.69, 9.17) is 9.47 Å². The van der Waals surface area contributed by atoms with Gasteiger partial charge in [-0.3, -0.25) is 4.99 Å². The lowest BCUT2D eigenvalue weighted by molar-refractivity contribution is 0.0506. The second kappa shape index (κ2) is 9.41. The first-order valence-electron chi connectivity index (χ1n) is 10.1. The zero-order valence-electron chi connectivity index (χ0n) is 19.4. The number of aliphatic imine (C=N–C) groups is 1. The number of ether oxygens (including phenoxy) is 2. The molecule has 3 nitrogen and oxygen atoms in total. The Kier molecular flexibility index (Phi) is 7.65. The molecular formula is C25H36NO2P. The van der Waals surface area contributed by atoms with Crippen molar-refractivity contribution < 1.29 is 9.47 Å². The maximum atomic E-state index is 6.16. The van der Waals surface area contributed by atoms with E-state index in [1.807, 2.05) is 13.3 Å². The topological polar surface area (TPSA) is 30.8 Å². The minimum Gasteiger partial charge on any atom is -0.467 e. The Morgan fingerprint density at radius 2 is 1.66 bits per heavy atom. The van der Waals surface area contributed by atoms with Gasteiger partial charge in [0.2, 0.25) is 0 Å². The zero-order valence-corrected chi connectivity index (χ0v) is 20.4. The average Bonchev–Trinajstić information content (AvgIpc) is 2.61. The lowest BCUT2D eigenvalue weighted by atomic mass is 9.80. The molecule has 0 heterocycles. The van der Waals surface area contributed by atoms with E-state index in [9.17, 15) is 0 Å². The second-order valence-corrected chi connectivity index (χ2v) is 10.9. The van der Waals surface area contributed by atoms with E-state index >= 15 is 0 Å². The number of aryl methyl sites for hydroxylation is 1. The maximum absolute atomic E-state index is 6.16. The van der Waals surface area contributed by atoms with Crippen LogP contribution < -0.4 is 15.3 Å². The summed E-state index contributed by atoms with van der Waals surface area (Å²) < 4.78 is 11.4. The van der Waals surface area contributed by atoms with Crippen LogP contribution in [0, 0.1) is 6.92 Å². The lowest BCUT2D eigenvalue weighted by Gasteiger charge is -2.29. The summed E-state index contributed by atoms with van der Waals surface area (Å²) in [6.45, 7) is 15.9. The molecule has 0 aliphatic heterocycles. The molecule has 0 radical (unpaired) electrons. The fraction of sp³-hybridized carbons (Fsp3) is 0.480. The van der Waals surface area contributed by atoms with Crippen LogP contribution >= 0.6 is 8.58 Å². The van der Waals surface area contributed by atoms with Crippen molar-refractivity contribution in [3.8, 4) is 5.75 Å². The predicted octanol–water partition coefficient (Wildman–Crippen LogP) is 5.25. The van der Waals surface area contributed by atoms with Crippen molar-refractivity contribution in [3.63, 3.8) is 0 Å². The first-order chi connectivity index (χ1) is 13.5. The molecule has 29 heavy (non-hydrogen) atoms. The standard InChI is InChI=1S/C25H36NO2P/c1-17-10-11-21(18(12-17)15-26-8)29-22-14-19(24(2,3)4)13-20(25(5,6)7)23(22)28-16-27-9/h10-15,29H,16H2,1-9H3. The quantitative estimate of drug-likeness (QED) is 0.368. The van der Waals surface area contributed by atoms with Gasteiger partial charge in [-0.1, -0.05) is 73.9 Å². The van der Waals surface area contributed by atoms with E-state index in [-0.39, 0.29) is 17.6 Å². The maximum Gasteiger partial charge on any atom is 0.188 e. The van der Waals surface area contributed by atoms with E-state index < -0.39 is 0 Å². The van der Waals surface area contributed by atoms with Crippen LogP contribution in [0.5, 0.6) is 5.75 Å². The largest absolute Gasteiger partial charge is 0.467 e. The third-order valence-corrected chi connectivity index (χ3v) is 6.19. The molecule has 0 amide bonds. The summed E-state index contributed by atoms with van der Waals surface area (Å²) in [6, 6.07) is 11.2. The molecule has 0 aliphatic rings. The highest BCUT2D eigenvalue weighted by Gasteiger charge is 2.26. The van der Waals surface area contributed by atoms with E-state index in [0.29, 0.717) is 8.58 Å². The molecule has 0 aromatic heterocycles. The first-order valence-corrected chi connectivity index (χ1v) is 11.1. The molecule has 2 aromatic carbocycles. The van der Waals surface area contributed by atoms with Crippen LogP contribution in [0.25, 0.3) is 0 Å². The molecule has 0 saturated heterocycles. The lowest BCUT2D eigenvalue weighted by Crippen LogP contribution is -2.24. The summed E-state index contributed by atoms with van der Waals surface area (Å²) in [5, 5.41) is 2.49. The van der Waals surface area contributed by atoms with Gasteiger partial charge in [-0.05, 0) is 40.8 Å². The van der Waals surface area contributed by atoms with E-state index in [1.54, 1.807) is 7.11 Å². The zero-order chi connectivity index (χ0) is 21.8. The Bertz CT molecular complexity index is 874. The van der Waals surface area contributed by atoms with Gasteiger partial charge in [0.25, 0.3) is 0 Å². The minimum atomic E-state index is -0.0372. The molecule has 2 rings (SSSR count). The SMILES string of the molecule is CN=Cc1cc(C)ccc1Pc1cc(C(C)(C)C)cc(C(C)(C)C)c1OCOC. The number of hydrogen-bond donors (Lipinski definition) is 0. The Hall–Kier alpha value is -1.70. The Balaban J connectivity index is 2.71. The van der Waals surface area contributed by atoms with Crippen molar-refractivity contribution >= 4 is 25.4 Å². The van der Waals surface area contributed by atoms with Gasteiger partial charge < -0.3 is 9.47 Å². The van der Waals surface area contributed by atoms with Crippen LogP contribution in [0.3, 0.4) is 0 Å². The smallest absolute Gasteiger partial charge is 0.188 e. The highest BCUT2D eigenvalue weighted by atomic mass is 31.1. The highest BCUT2D eigenvalue weighted by molar-refractivity contribution is 7.56. The highest BCUT2D eigenvalue weighted by Crippen LogP contribution is 2.37. The van der Waals surface area contributed by atoms with Crippen molar-refractivity contribution in [2.45, 2.75) is 59.3 Å². The van der Waals surface area contributed by atoms with Crippen molar-refractivity contribution in [3.05, 3.63) is 52.6 Å². The molecule has 0 spiro atoms. The Morgan fingerprint density at radius 3 is 2.21 bits per heavy atom. The summed E-state index contributed by atoms with van der Waals surface area (Å²) in [5.74, 6) is 0.950. The van der Waals surface area contributed by atoms with Crippen LogP contribution in [-0.2, 0) is 15.6 Å². The van der Waals surface area contributed by atoms with Crippen molar-refractivity contribution in [2.75, 3.05) is 21.0 Å². The Labute approximate surface area is 178 Å². The number of nitrogens with zero attached hydrogens (tertiary/aromatic N) is 1. The van der Waals surface area contributed by atoms with Crippen LogP contribution in [0.2, 0.25) is 0 Å². The van der Waals surface area contributed by atoms with Gasteiger partial charge >= 0.3 is 0 Å². The fourth-order valence-electron chi connectivity index (χ4n) is 3.17. The molecule has 0 saturated carbocycles. The van der Waals surface area contributed by atoms with Gasteiger partial charge in [-0.2, -0.15) is 0 Å². The molecule has 1 unspecified atom stereocenters. The number of methoxy groups -OCH3 is 1. The number of benzene rings is 2. The second-order valence-electron chi connectivity index (χ2n) is 9.55. The summed E-state index contributed by atoms with van der Waals surface area (Å²) in [5.41, 5.74) is 4.98. The monoisotopic (exact) mass is 413 g/mol. The third kappa shape index (κ3) is 6.14. The number of hydrogen-bond acceptors (Lipinski definition) is 3. The summed E-state index contributed by atoms with van der Waals surface area (Å²) >= 11 is 0. The minimum absolute atomic E-state index is 0.0372. The van der Waals surface area contributed by atoms with Gasteiger partial charge in [-0.25, -0.2) is 0 Å². The van der Waals surface area contributed by atoms with Gasteiger partial charge in [0.1, 0.15) is 5.75 Å². The van der Waals surface area contributed by atoms with Gasteiger partial charge in [0.05, 0.1) is 0 Å². The molecule has 0 N–H and O–H groups in total. The average molecular weight is 414 g/mol. The van der Waals surface area contributed by atoms with Crippen LogP contribution in [0.4, 0.5) is 0 Å². The molecule has 2 aromatic rings. The van der Waals surface area contributed by atoms with Crippen LogP contribution in [-0.4, -0.2) is 27.2 Å². The van der Waals surface area contributed by atoms with Gasteiger partial charge in [-0.15, -0.1) is 0 Å². The molecule has 0 aliphatic carbocycles. The van der Waals surface area contributed by atoms with Gasteiger partial charge in [0, 0.05) is 36.8 Å². The molecule has 0 fully saturated rings. The van der Waals surface area contributed by atoms with Crippen LogP contribution in [0.1, 0.15) is 63.8 Å². The van der Waals surface area contributed by atoms with Crippen molar-refractivity contribution in [2.24, 2.45) is 4.99 Å². The van der Waals surface area contributed by atoms with Crippen molar-refractivity contribution in [1.29, 1.82) is 0 Å². The molecule has 158 valence electrons. The summed E-state index contributed by atoms with van der Waals surface area (Å²) in [7, 11) is 3.96. The normalized spacial score (nSPS) is 13.0. The summed E-state index contributed by atoms with van der Waals surface area (Å²) in [4.78, 5) is 4.26. The summed E-state index contributed by atoms with van der Waals surface area (Å²) in [6.07, 6.45) is 1.95. The fourth-order valence-corrected chi connectivity index (χ4v) is 4.46. The van der Waals surface area contributed by atoms with Crippen molar-refractivity contribution in [1.82, 2.24) is 0 Å². The molecule has 4 heteroatoms. The number of rotatable bonds is 6. The molecular weight excluding hydrogens is 377 g/mol.